The van der Waals surface area contributed by atoms with E-state index >= 15 is 0 Å². The summed E-state index contributed by atoms with van der Waals surface area (Å²) in [5, 5.41) is 3.46. The van der Waals surface area contributed by atoms with Gasteiger partial charge in [-0.05, 0) is 49.6 Å². The fourth-order valence-corrected chi connectivity index (χ4v) is 2.98. The van der Waals surface area contributed by atoms with Crippen LogP contribution in [0.15, 0.2) is 28.7 Å². The standard InChI is InChI=1S/C16H24BrNO/c17-15-7-9-16(10-8-15)19-13-12-18-11-3-6-14-4-1-2-5-14/h7-10,14,18H,1-6,11-13H2. The minimum atomic E-state index is 0.741. The molecule has 3 heteroatoms. The summed E-state index contributed by atoms with van der Waals surface area (Å²) in [5.41, 5.74) is 0. The first kappa shape index (κ1) is 14.9. The first-order valence-corrected chi connectivity index (χ1v) is 8.23. The van der Waals surface area contributed by atoms with Crippen molar-refractivity contribution in [3.05, 3.63) is 28.7 Å². The second-order valence-electron chi connectivity index (χ2n) is 5.35. The molecule has 1 aliphatic rings. The minimum absolute atomic E-state index is 0.741. The van der Waals surface area contributed by atoms with Gasteiger partial charge in [-0.15, -0.1) is 0 Å². The van der Waals surface area contributed by atoms with Gasteiger partial charge in [-0.2, -0.15) is 0 Å². The van der Waals surface area contributed by atoms with Crippen molar-refractivity contribution in [1.29, 1.82) is 0 Å². The van der Waals surface area contributed by atoms with Gasteiger partial charge >= 0.3 is 0 Å². The molecule has 2 nitrogen and oxygen atoms in total. The van der Waals surface area contributed by atoms with Crippen LogP contribution in [0.25, 0.3) is 0 Å². The average molecular weight is 326 g/mol. The van der Waals surface area contributed by atoms with Crippen LogP contribution in [0.2, 0.25) is 0 Å². The summed E-state index contributed by atoms with van der Waals surface area (Å²) < 4.78 is 6.75. The van der Waals surface area contributed by atoms with Gasteiger partial charge in [0.05, 0.1) is 0 Å². The summed E-state index contributed by atoms with van der Waals surface area (Å²) in [6.07, 6.45) is 8.56. The third kappa shape index (κ3) is 5.96. The molecule has 1 saturated carbocycles. The smallest absolute Gasteiger partial charge is 0.119 e. The molecule has 0 spiro atoms. The first-order chi connectivity index (χ1) is 9.34. The van der Waals surface area contributed by atoms with E-state index in [1.165, 1.54) is 38.5 Å². The van der Waals surface area contributed by atoms with Crippen LogP contribution in [0.4, 0.5) is 0 Å². The van der Waals surface area contributed by atoms with Crippen molar-refractivity contribution in [2.45, 2.75) is 38.5 Å². The van der Waals surface area contributed by atoms with E-state index in [4.69, 9.17) is 4.74 Å². The van der Waals surface area contributed by atoms with Gasteiger partial charge in [0.15, 0.2) is 0 Å². The number of benzene rings is 1. The molecular weight excluding hydrogens is 302 g/mol. The van der Waals surface area contributed by atoms with Gasteiger partial charge < -0.3 is 10.1 Å². The fourth-order valence-electron chi connectivity index (χ4n) is 2.71. The second-order valence-corrected chi connectivity index (χ2v) is 6.26. The Bertz CT molecular complexity index is 346. The molecule has 0 aromatic heterocycles. The van der Waals surface area contributed by atoms with Crippen LogP contribution < -0.4 is 10.1 Å². The van der Waals surface area contributed by atoms with Crippen LogP contribution in [0.3, 0.4) is 0 Å². The maximum absolute atomic E-state index is 5.66. The summed E-state index contributed by atoms with van der Waals surface area (Å²) in [6.45, 7) is 2.80. The lowest BCUT2D eigenvalue weighted by atomic mass is 10.0. The molecule has 1 aliphatic carbocycles. The van der Waals surface area contributed by atoms with Crippen LogP contribution in [-0.2, 0) is 0 Å². The second kappa shape index (κ2) is 8.60. The number of hydrogen-bond acceptors (Lipinski definition) is 2. The van der Waals surface area contributed by atoms with E-state index in [9.17, 15) is 0 Å². The lowest BCUT2D eigenvalue weighted by Gasteiger charge is -2.10. The molecule has 0 heterocycles. The molecule has 2 rings (SSSR count). The summed E-state index contributed by atoms with van der Waals surface area (Å²) in [7, 11) is 0. The van der Waals surface area contributed by atoms with E-state index in [-0.39, 0.29) is 0 Å². The highest BCUT2D eigenvalue weighted by atomic mass is 79.9. The molecule has 19 heavy (non-hydrogen) atoms. The Morgan fingerprint density at radius 2 is 1.84 bits per heavy atom. The van der Waals surface area contributed by atoms with Crippen molar-refractivity contribution in [3.8, 4) is 5.75 Å². The summed E-state index contributed by atoms with van der Waals surface area (Å²) >= 11 is 3.42. The zero-order valence-corrected chi connectivity index (χ0v) is 13.1. The monoisotopic (exact) mass is 325 g/mol. The normalized spacial score (nSPS) is 15.8. The lowest BCUT2D eigenvalue weighted by Crippen LogP contribution is -2.22. The average Bonchev–Trinajstić information content (AvgIpc) is 2.93. The molecule has 0 amide bonds. The summed E-state index contributed by atoms with van der Waals surface area (Å²) in [4.78, 5) is 0. The molecule has 1 aromatic rings. The fraction of sp³-hybridized carbons (Fsp3) is 0.625. The molecule has 0 bridgehead atoms. The third-order valence-electron chi connectivity index (χ3n) is 3.80. The van der Waals surface area contributed by atoms with Gasteiger partial charge in [-0.3, -0.25) is 0 Å². The van der Waals surface area contributed by atoms with E-state index < -0.39 is 0 Å². The maximum atomic E-state index is 5.66. The number of nitrogens with one attached hydrogen (secondary N) is 1. The molecule has 1 N–H and O–H groups in total. The van der Waals surface area contributed by atoms with E-state index in [2.05, 4.69) is 21.2 Å². The summed E-state index contributed by atoms with van der Waals surface area (Å²) in [6, 6.07) is 7.99. The van der Waals surface area contributed by atoms with Gasteiger partial charge in [0.25, 0.3) is 0 Å². The molecule has 1 fully saturated rings. The van der Waals surface area contributed by atoms with Crippen LogP contribution in [0.1, 0.15) is 38.5 Å². The van der Waals surface area contributed by atoms with Gasteiger partial charge in [-0.1, -0.05) is 41.6 Å². The predicted octanol–water partition coefficient (Wildman–Crippen LogP) is 4.39. The Labute approximate surface area is 125 Å². The Kier molecular flexibility index (Phi) is 6.72. The van der Waals surface area contributed by atoms with Crippen molar-refractivity contribution in [2.75, 3.05) is 19.7 Å². The highest BCUT2D eigenvalue weighted by molar-refractivity contribution is 9.10. The van der Waals surface area contributed by atoms with Crippen LogP contribution >= 0.6 is 15.9 Å². The maximum Gasteiger partial charge on any atom is 0.119 e. The lowest BCUT2D eigenvalue weighted by molar-refractivity contribution is 0.312. The van der Waals surface area contributed by atoms with Crippen molar-refractivity contribution >= 4 is 15.9 Å². The Balaban J connectivity index is 1.44. The van der Waals surface area contributed by atoms with Crippen molar-refractivity contribution in [2.24, 2.45) is 5.92 Å². The Morgan fingerprint density at radius 1 is 1.11 bits per heavy atom. The largest absolute Gasteiger partial charge is 0.492 e. The van der Waals surface area contributed by atoms with E-state index in [1.807, 2.05) is 24.3 Å². The molecule has 0 saturated heterocycles. The van der Waals surface area contributed by atoms with E-state index in [1.54, 1.807) is 0 Å². The quantitative estimate of drug-likeness (QED) is 0.716. The molecule has 0 unspecified atom stereocenters. The number of rotatable bonds is 8. The van der Waals surface area contributed by atoms with Gasteiger partial charge in [0, 0.05) is 11.0 Å². The predicted molar refractivity (Wildman–Crippen MR) is 83.7 cm³/mol. The zero-order valence-electron chi connectivity index (χ0n) is 11.5. The molecule has 0 radical (unpaired) electrons. The van der Waals surface area contributed by atoms with Crippen LogP contribution in [0, 0.1) is 5.92 Å². The van der Waals surface area contributed by atoms with E-state index in [0.717, 1.165) is 35.8 Å². The molecular formula is C16H24BrNO. The summed E-state index contributed by atoms with van der Waals surface area (Å²) in [5.74, 6) is 1.96. The highest BCUT2D eigenvalue weighted by Crippen LogP contribution is 2.28. The van der Waals surface area contributed by atoms with Gasteiger partial charge in [-0.25, -0.2) is 0 Å². The first-order valence-electron chi connectivity index (χ1n) is 7.44. The zero-order chi connectivity index (χ0) is 13.3. The molecule has 0 atom stereocenters. The number of halogens is 1. The van der Waals surface area contributed by atoms with Crippen molar-refractivity contribution in [3.63, 3.8) is 0 Å². The third-order valence-corrected chi connectivity index (χ3v) is 4.33. The molecule has 0 aliphatic heterocycles. The van der Waals surface area contributed by atoms with Crippen LogP contribution in [0.5, 0.6) is 5.75 Å². The topological polar surface area (TPSA) is 21.3 Å². The van der Waals surface area contributed by atoms with Crippen molar-refractivity contribution in [1.82, 2.24) is 5.32 Å². The molecule has 106 valence electrons. The number of ether oxygens (including phenoxy) is 1. The Hall–Kier alpha value is -0.540. The molecule has 1 aromatic carbocycles. The highest BCUT2D eigenvalue weighted by Gasteiger charge is 2.13. The van der Waals surface area contributed by atoms with Gasteiger partial charge in [0.1, 0.15) is 12.4 Å². The Morgan fingerprint density at radius 3 is 2.58 bits per heavy atom. The van der Waals surface area contributed by atoms with E-state index in [0.29, 0.717) is 0 Å². The van der Waals surface area contributed by atoms with Crippen molar-refractivity contribution < 1.29 is 4.74 Å². The van der Waals surface area contributed by atoms with Crippen LogP contribution in [-0.4, -0.2) is 19.7 Å². The van der Waals surface area contributed by atoms with Gasteiger partial charge in [0.2, 0.25) is 0 Å². The minimum Gasteiger partial charge on any atom is -0.492 e. The number of hydrogen-bond donors (Lipinski definition) is 1. The SMILES string of the molecule is Brc1ccc(OCCNCCCC2CCCC2)cc1.